The zero-order valence-electron chi connectivity index (χ0n) is 19.1. The quantitative estimate of drug-likeness (QED) is 0.552. The van der Waals surface area contributed by atoms with E-state index in [4.69, 9.17) is 9.72 Å². The molecule has 1 aliphatic rings. The number of piperazine rings is 1. The fourth-order valence-electron chi connectivity index (χ4n) is 4.13. The molecule has 0 radical (unpaired) electrons. The lowest BCUT2D eigenvalue weighted by molar-refractivity contribution is -0.136. The minimum Gasteiger partial charge on any atom is -0.367 e. The highest BCUT2D eigenvalue weighted by molar-refractivity contribution is 5.77. The second kappa shape index (κ2) is 10.5. The average Bonchev–Trinajstić information content (AvgIpc) is 2.81. The molecular formula is C26H29FN4O2. The van der Waals surface area contributed by atoms with Crippen LogP contribution in [0.1, 0.15) is 28.2 Å². The summed E-state index contributed by atoms with van der Waals surface area (Å²) in [4.78, 5) is 25.9. The lowest BCUT2D eigenvalue weighted by atomic mass is 10.0. The van der Waals surface area contributed by atoms with Gasteiger partial charge in [0.05, 0.1) is 6.61 Å². The smallest absolute Gasteiger partial charge is 0.248 e. The van der Waals surface area contributed by atoms with Gasteiger partial charge in [0.25, 0.3) is 0 Å². The highest BCUT2D eigenvalue weighted by atomic mass is 19.1. The minimum atomic E-state index is -0.249. The van der Waals surface area contributed by atoms with Crippen LogP contribution in [0, 0.1) is 19.7 Å². The first-order valence-electron chi connectivity index (χ1n) is 11.2. The van der Waals surface area contributed by atoms with Gasteiger partial charge in [-0.25, -0.2) is 14.4 Å². The molecule has 0 spiro atoms. The van der Waals surface area contributed by atoms with Crippen molar-refractivity contribution in [2.75, 3.05) is 37.7 Å². The third-order valence-electron chi connectivity index (χ3n) is 5.84. The monoisotopic (exact) mass is 448 g/mol. The largest absolute Gasteiger partial charge is 0.367 e. The summed E-state index contributed by atoms with van der Waals surface area (Å²) in [6.07, 6.45) is 0.561. The number of aryl methyl sites for hydroxylation is 2. The van der Waals surface area contributed by atoms with Crippen LogP contribution in [-0.4, -0.2) is 53.6 Å². The zero-order valence-corrected chi connectivity index (χ0v) is 19.1. The van der Waals surface area contributed by atoms with Crippen LogP contribution in [-0.2, 0) is 22.6 Å². The van der Waals surface area contributed by atoms with Crippen molar-refractivity contribution in [3.8, 4) is 0 Å². The van der Waals surface area contributed by atoms with Gasteiger partial charge in [-0.15, -0.1) is 0 Å². The number of carbonyl (C=O) groups is 1. The van der Waals surface area contributed by atoms with E-state index in [0.717, 1.165) is 28.2 Å². The van der Waals surface area contributed by atoms with E-state index in [2.05, 4.69) is 9.88 Å². The molecule has 0 N–H and O–H groups in total. The van der Waals surface area contributed by atoms with Crippen molar-refractivity contribution >= 4 is 11.7 Å². The van der Waals surface area contributed by atoms with Crippen molar-refractivity contribution in [3.05, 3.63) is 88.6 Å². The van der Waals surface area contributed by atoms with Crippen molar-refractivity contribution in [2.24, 2.45) is 0 Å². The average molecular weight is 449 g/mol. The van der Waals surface area contributed by atoms with Crippen molar-refractivity contribution < 1.29 is 13.9 Å². The Morgan fingerprint density at radius 3 is 2.42 bits per heavy atom. The normalized spacial score (nSPS) is 13.9. The van der Waals surface area contributed by atoms with Crippen LogP contribution in [0.25, 0.3) is 0 Å². The minimum absolute atomic E-state index is 0.000569. The number of ether oxygens (including phenoxy) is 1. The number of benzene rings is 2. The van der Waals surface area contributed by atoms with Gasteiger partial charge in [-0.2, -0.15) is 0 Å². The molecule has 1 saturated heterocycles. The number of anilines is 1. The van der Waals surface area contributed by atoms with Crippen LogP contribution in [0.3, 0.4) is 0 Å². The second-order valence-corrected chi connectivity index (χ2v) is 8.31. The molecule has 1 aromatic heterocycles. The van der Waals surface area contributed by atoms with E-state index in [0.29, 0.717) is 45.0 Å². The Bertz CT molecular complexity index is 1100. The maximum atomic E-state index is 13.7. The topological polar surface area (TPSA) is 58.6 Å². The molecule has 2 aromatic carbocycles. The van der Waals surface area contributed by atoms with Gasteiger partial charge in [-0.1, -0.05) is 42.5 Å². The molecule has 1 fully saturated rings. The Morgan fingerprint density at radius 1 is 0.970 bits per heavy atom. The van der Waals surface area contributed by atoms with E-state index < -0.39 is 0 Å². The molecule has 1 aliphatic heterocycles. The molecule has 3 aromatic rings. The van der Waals surface area contributed by atoms with Crippen LogP contribution >= 0.6 is 0 Å². The molecule has 172 valence electrons. The summed E-state index contributed by atoms with van der Waals surface area (Å²) in [5.41, 5.74) is 3.83. The number of rotatable bonds is 7. The van der Waals surface area contributed by atoms with Gasteiger partial charge in [0.15, 0.2) is 0 Å². The van der Waals surface area contributed by atoms with Gasteiger partial charge >= 0.3 is 0 Å². The summed E-state index contributed by atoms with van der Waals surface area (Å²) < 4.78 is 19.3. The molecule has 2 heterocycles. The van der Waals surface area contributed by atoms with E-state index in [-0.39, 0.29) is 18.3 Å². The number of carbonyl (C=O) groups excluding carboxylic acids is 1. The Hall–Kier alpha value is -3.32. The van der Waals surface area contributed by atoms with E-state index in [9.17, 15) is 9.18 Å². The van der Waals surface area contributed by atoms with Crippen molar-refractivity contribution in [1.29, 1.82) is 0 Å². The van der Waals surface area contributed by atoms with Crippen molar-refractivity contribution in [1.82, 2.24) is 14.9 Å². The van der Waals surface area contributed by atoms with Gasteiger partial charge in [0, 0.05) is 43.9 Å². The van der Waals surface area contributed by atoms with Crippen LogP contribution in [0.2, 0.25) is 0 Å². The fourth-order valence-corrected chi connectivity index (χ4v) is 4.13. The van der Waals surface area contributed by atoms with E-state index >= 15 is 0 Å². The van der Waals surface area contributed by atoms with Crippen LogP contribution < -0.4 is 4.90 Å². The predicted molar refractivity (Wildman–Crippen MR) is 126 cm³/mol. The first kappa shape index (κ1) is 22.9. The summed E-state index contributed by atoms with van der Waals surface area (Å²) in [5.74, 6) is 1.33. The fraction of sp³-hybridized carbons (Fsp3) is 0.346. The molecule has 0 bridgehead atoms. The number of hydrogen-bond donors (Lipinski definition) is 0. The Labute approximate surface area is 194 Å². The summed E-state index contributed by atoms with van der Waals surface area (Å²) in [7, 11) is 0. The lowest BCUT2D eigenvalue weighted by Crippen LogP contribution is -2.50. The molecule has 0 atom stereocenters. The van der Waals surface area contributed by atoms with Crippen molar-refractivity contribution in [3.63, 3.8) is 0 Å². The second-order valence-electron chi connectivity index (χ2n) is 8.31. The predicted octanol–water partition coefficient (Wildman–Crippen LogP) is 3.69. The Morgan fingerprint density at radius 2 is 1.70 bits per heavy atom. The van der Waals surface area contributed by atoms with E-state index in [1.54, 1.807) is 12.1 Å². The molecule has 4 rings (SSSR count). The summed E-state index contributed by atoms with van der Waals surface area (Å²) in [6, 6.07) is 16.5. The number of hydrogen-bond acceptors (Lipinski definition) is 5. The van der Waals surface area contributed by atoms with Crippen LogP contribution in [0.4, 0.5) is 10.2 Å². The molecule has 33 heavy (non-hydrogen) atoms. The van der Waals surface area contributed by atoms with Gasteiger partial charge in [0.1, 0.15) is 24.1 Å². The van der Waals surface area contributed by atoms with Gasteiger partial charge in [-0.05, 0) is 37.1 Å². The standard InChI is InChI=1S/C26H29FN4O2/c1-19-24(16-22-9-6-10-23(27)15-22)26(29-20(2)28-19)31-13-11-30(12-14-31)25(32)18-33-17-21-7-4-3-5-8-21/h3-10,15H,11-14,16-18H2,1-2H3. The lowest BCUT2D eigenvalue weighted by Gasteiger charge is -2.36. The SMILES string of the molecule is Cc1nc(C)c(Cc2cccc(F)c2)c(N2CCN(C(=O)COCc3ccccc3)CC2)n1. The molecule has 7 heteroatoms. The number of amides is 1. The maximum absolute atomic E-state index is 13.7. The highest BCUT2D eigenvalue weighted by Gasteiger charge is 2.25. The highest BCUT2D eigenvalue weighted by Crippen LogP contribution is 2.25. The number of nitrogens with zero attached hydrogens (tertiary/aromatic N) is 4. The molecule has 0 saturated carbocycles. The molecule has 0 aliphatic carbocycles. The maximum Gasteiger partial charge on any atom is 0.248 e. The van der Waals surface area contributed by atoms with Crippen molar-refractivity contribution in [2.45, 2.75) is 26.9 Å². The molecular weight excluding hydrogens is 419 g/mol. The summed E-state index contributed by atoms with van der Waals surface area (Å²) in [5, 5.41) is 0. The number of aromatic nitrogens is 2. The van der Waals surface area contributed by atoms with Gasteiger partial charge in [0.2, 0.25) is 5.91 Å². The van der Waals surface area contributed by atoms with E-state index in [1.165, 1.54) is 6.07 Å². The van der Waals surface area contributed by atoms with Crippen LogP contribution in [0.15, 0.2) is 54.6 Å². The van der Waals surface area contributed by atoms with Crippen LogP contribution in [0.5, 0.6) is 0 Å². The first-order chi connectivity index (χ1) is 16.0. The molecule has 6 nitrogen and oxygen atoms in total. The summed E-state index contributed by atoms with van der Waals surface area (Å²) in [6.45, 7) is 6.92. The third-order valence-corrected chi connectivity index (χ3v) is 5.84. The first-order valence-corrected chi connectivity index (χ1v) is 11.2. The third kappa shape index (κ3) is 5.93. The van der Waals surface area contributed by atoms with Gasteiger partial charge in [-0.3, -0.25) is 4.79 Å². The zero-order chi connectivity index (χ0) is 23.2. The molecule has 1 amide bonds. The molecule has 0 unspecified atom stereocenters. The Balaban J connectivity index is 1.38. The van der Waals surface area contributed by atoms with Gasteiger partial charge < -0.3 is 14.5 Å². The van der Waals surface area contributed by atoms with E-state index in [1.807, 2.05) is 55.1 Å². The Kier molecular flexibility index (Phi) is 7.29. The summed E-state index contributed by atoms with van der Waals surface area (Å²) >= 11 is 0. The number of halogens is 1.